The first kappa shape index (κ1) is 30.3. The monoisotopic (exact) mass is 563 g/mol. The fourth-order valence-electron chi connectivity index (χ4n) is 5.41. The summed E-state index contributed by atoms with van der Waals surface area (Å²) in [7, 11) is 1.61. The van der Waals surface area contributed by atoms with Gasteiger partial charge in [-0.3, -0.25) is 4.79 Å². The first-order chi connectivity index (χ1) is 18.4. The fourth-order valence-corrected chi connectivity index (χ4v) is 6.95. The van der Waals surface area contributed by atoms with Crippen molar-refractivity contribution >= 4 is 35.8 Å². The van der Waals surface area contributed by atoms with Gasteiger partial charge in [0.25, 0.3) is 0 Å². The number of carboxylic acids is 1. The number of fused-ring (bicyclic) bond motifs is 1. The van der Waals surface area contributed by atoms with Gasteiger partial charge in [-0.1, -0.05) is 43.9 Å². The molecule has 0 radical (unpaired) electrons. The van der Waals surface area contributed by atoms with Crippen molar-refractivity contribution in [2.45, 2.75) is 50.6 Å². The van der Waals surface area contributed by atoms with Gasteiger partial charge < -0.3 is 34.4 Å². The summed E-state index contributed by atoms with van der Waals surface area (Å²) in [5.41, 5.74) is 0.787. The van der Waals surface area contributed by atoms with Crippen LogP contribution < -0.4 is 0 Å². The van der Waals surface area contributed by atoms with Gasteiger partial charge in [-0.15, -0.1) is 11.8 Å². The van der Waals surface area contributed by atoms with E-state index in [0.29, 0.717) is 17.9 Å². The summed E-state index contributed by atoms with van der Waals surface area (Å²) < 4.78 is 10.4. The van der Waals surface area contributed by atoms with E-state index in [1.54, 1.807) is 11.9 Å². The van der Waals surface area contributed by atoms with Gasteiger partial charge in [0, 0.05) is 36.2 Å². The van der Waals surface area contributed by atoms with Crippen LogP contribution in [0.1, 0.15) is 27.2 Å². The molecule has 11 nitrogen and oxygen atoms in total. The number of ether oxygens (including phenoxy) is 2. The van der Waals surface area contributed by atoms with Crippen LogP contribution in [0.5, 0.6) is 0 Å². The SMILES string of the molecule is C=CCOC(=O)N(C)C/C(C)=C/[C@@H]1C[C@H](SC2=C(C(=O)O)N3C(=O)[C@H]([C@@H](C)O)[C@H]3[C@H]2C)CN1C(=O)OCC=C. The van der Waals surface area contributed by atoms with E-state index in [9.17, 15) is 29.4 Å². The molecule has 6 atom stereocenters. The molecule has 3 aliphatic rings. The number of carbonyl (C=O) groups is 4. The van der Waals surface area contributed by atoms with Crippen molar-refractivity contribution in [1.29, 1.82) is 0 Å². The number of β-lactam (4-membered cyclic amide) rings is 1. The average Bonchev–Trinajstić information content (AvgIpc) is 3.37. The molecule has 2 saturated heterocycles. The number of aliphatic hydroxyl groups is 1. The number of hydrogen-bond acceptors (Lipinski definition) is 8. The van der Waals surface area contributed by atoms with E-state index in [1.807, 2.05) is 19.9 Å². The van der Waals surface area contributed by atoms with Gasteiger partial charge in [0.1, 0.15) is 18.9 Å². The lowest BCUT2D eigenvalue weighted by atomic mass is 9.79. The largest absolute Gasteiger partial charge is 0.477 e. The van der Waals surface area contributed by atoms with Gasteiger partial charge >= 0.3 is 18.2 Å². The molecule has 3 amide bonds. The summed E-state index contributed by atoms with van der Waals surface area (Å²) >= 11 is 1.36. The first-order valence-electron chi connectivity index (χ1n) is 12.8. The number of hydrogen-bond donors (Lipinski definition) is 2. The zero-order chi connectivity index (χ0) is 29.0. The van der Waals surface area contributed by atoms with Crippen molar-refractivity contribution in [3.05, 3.63) is 47.6 Å². The highest BCUT2D eigenvalue weighted by Crippen LogP contribution is 2.52. The van der Waals surface area contributed by atoms with Crippen LogP contribution >= 0.6 is 11.8 Å². The lowest BCUT2D eigenvalue weighted by Gasteiger charge is -2.46. The second-order valence-electron chi connectivity index (χ2n) is 10.1. The second-order valence-corrected chi connectivity index (χ2v) is 11.4. The highest BCUT2D eigenvalue weighted by Gasteiger charge is 2.60. The van der Waals surface area contributed by atoms with Crippen LogP contribution in [0.25, 0.3) is 0 Å². The Morgan fingerprint density at radius 3 is 2.46 bits per heavy atom. The van der Waals surface area contributed by atoms with Gasteiger partial charge in [-0.25, -0.2) is 14.4 Å². The molecule has 3 rings (SSSR count). The number of thioether (sulfide) groups is 1. The number of aliphatic hydroxyl groups excluding tert-OH is 1. The number of likely N-dealkylation sites (tertiary alicyclic amines) is 1. The Kier molecular flexibility index (Phi) is 9.89. The minimum atomic E-state index is -1.19. The Balaban J connectivity index is 1.80. The van der Waals surface area contributed by atoms with Crippen LogP contribution in [0.4, 0.5) is 9.59 Å². The summed E-state index contributed by atoms with van der Waals surface area (Å²) in [5, 5.41) is 19.9. The topological polar surface area (TPSA) is 137 Å². The lowest BCUT2D eigenvalue weighted by Crippen LogP contribution is -2.63. The van der Waals surface area contributed by atoms with Crippen LogP contribution in [-0.2, 0) is 19.1 Å². The van der Waals surface area contributed by atoms with E-state index >= 15 is 0 Å². The predicted octanol–water partition coefficient (Wildman–Crippen LogP) is 2.84. The maximum Gasteiger partial charge on any atom is 0.410 e. The molecular formula is C27H37N3O8S. The summed E-state index contributed by atoms with van der Waals surface area (Å²) in [5.74, 6) is -2.49. The van der Waals surface area contributed by atoms with Gasteiger partial charge in [-0.2, -0.15) is 0 Å². The van der Waals surface area contributed by atoms with Crippen molar-refractivity contribution in [3.8, 4) is 0 Å². The maximum absolute atomic E-state index is 12.9. The Hall–Kier alpha value is -3.25. The Labute approximate surface area is 232 Å². The van der Waals surface area contributed by atoms with Crippen LogP contribution in [0.2, 0.25) is 0 Å². The van der Waals surface area contributed by atoms with Crippen molar-refractivity contribution in [1.82, 2.24) is 14.7 Å². The molecule has 0 unspecified atom stereocenters. The highest BCUT2D eigenvalue weighted by atomic mass is 32.2. The van der Waals surface area contributed by atoms with E-state index in [-0.39, 0.29) is 48.6 Å². The smallest absolute Gasteiger partial charge is 0.410 e. The molecule has 0 saturated carbocycles. The zero-order valence-electron chi connectivity index (χ0n) is 22.7. The number of rotatable bonds is 11. The molecule has 0 aromatic carbocycles. The minimum Gasteiger partial charge on any atom is -0.477 e. The molecule has 0 aromatic heterocycles. The molecule has 2 N–H and O–H groups in total. The molecule has 3 heterocycles. The lowest BCUT2D eigenvalue weighted by molar-refractivity contribution is -0.163. The number of amides is 3. The average molecular weight is 564 g/mol. The summed E-state index contributed by atoms with van der Waals surface area (Å²) in [6, 6.07) is -0.762. The minimum absolute atomic E-state index is 0.0463. The molecule has 0 bridgehead atoms. The first-order valence-corrected chi connectivity index (χ1v) is 13.7. The van der Waals surface area contributed by atoms with Gasteiger partial charge in [0.15, 0.2) is 0 Å². The normalized spacial score (nSPS) is 27.1. The number of carbonyl (C=O) groups excluding carboxylic acids is 3. The molecule has 2 fully saturated rings. The highest BCUT2D eigenvalue weighted by molar-refractivity contribution is 8.03. The number of aliphatic carboxylic acids is 1. The van der Waals surface area contributed by atoms with Crippen molar-refractivity contribution in [2.75, 3.05) is 33.4 Å². The second kappa shape index (κ2) is 12.7. The zero-order valence-corrected chi connectivity index (χ0v) is 23.6. The third kappa shape index (κ3) is 6.33. The molecular weight excluding hydrogens is 526 g/mol. The van der Waals surface area contributed by atoms with Crippen molar-refractivity contribution < 1.29 is 38.9 Å². The van der Waals surface area contributed by atoms with Crippen LogP contribution in [0.3, 0.4) is 0 Å². The molecule has 12 heteroatoms. The summed E-state index contributed by atoms with van der Waals surface area (Å²) in [4.78, 5) is 54.7. The fraction of sp³-hybridized carbons (Fsp3) is 0.556. The van der Waals surface area contributed by atoms with E-state index in [4.69, 9.17) is 9.47 Å². The van der Waals surface area contributed by atoms with E-state index in [2.05, 4.69) is 13.2 Å². The van der Waals surface area contributed by atoms with E-state index < -0.39 is 36.2 Å². The maximum atomic E-state index is 12.9. The predicted molar refractivity (Wildman–Crippen MR) is 146 cm³/mol. The standard InChI is InChI=1S/C27H37N3O8S/c1-7-9-37-26(35)28(6)13-15(3)11-18-12-19(14-29(18)27(36)38-10-8-2)39-23-16(4)21-20(17(5)31)24(32)30(21)22(23)25(33)34/h7-8,11,16-21,31H,1-2,9-10,12-14H2,3-6H3,(H,33,34)/b15-11+/t16-,17-,18-,19+,20-,21-/m1/s1. The van der Waals surface area contributed by atoms with E-state index in [1.165, 1.54) is 40.6 Å². The van der Waals surface area contributed by atoms with Crippen LogP contribution in [0.15, 0.2) is 47.6 Å². The third-order valence-electron chi connectivity index (χ3n) is 7.07. The van der Waals surface area contributed by atoms with Gasteiger partial charge in [0.2, 0.25) is 5.91 Å². The third-order valence-corrected chi connectivity index (χ3v) is 8.56. The Morgan fingerprint density at radius 1 is 1.23 bits per heavy atom. The quantitative estimate of drug-likeness (QED) is 0.287. The molecule has 3 aliphatic heterocycles. The van der Waals surface area contributed by atoms with Crippen LogP contribution in [0, 0.1) is 11.8 Å². The Bertz CT molecular complexity index is 1090. The van der Waals surface area contributed by atoms with Crippen molar-refractivity contribution in [2.24, 2.45) is 11.8 Å². The van der Waals surface area contributed by atoms with Gasteiger partial charge in [-0.05, 0) is 20.3 Å². The summed E-state index contributed by atoms with van der Waals surface area (Å²) in [6.07, 6.45) is 3.47. The van der Waals surface area contributed by atoms with E-state index in [0.717, 1.165) is 5.57 Å². The summed E-state index contributed by atoms with van der Waals surface area (Å²) in [6.45, 7) is 13.1. The molecule has 0 spiro atoms. The number of carboxylic acid groups (broad SMARTS) is 1. The molecule has 0 aliphatic carbocycles. The van der Waals surface area contributed by atoms with Crippen molar-refractivity contribution in [3.63, 3.8) is 0 Å². The Morgan fingerprint density at radius 2 is 1.87 bits per heavy atom. The van der Waals surface area contributed by atoms with Gasteiger partial charge in [0.05, 0.1) is 24.1 Å². The molecule has 0 aromatic rings. The molecule has 39 heavy (non-hydrogen) atoms. The molecule has 214 valence electrons. The number of nitrogens with zero attached hydrogens (tertiary/aromatic N) is 3. The number of likely N-dealkylation sites (N-methyl/N-ethyl adjacent to an activating group) is 1. The van der Waals surface area contributed by atoms with Crippen LogP contribution in [-0.4, -0.2) is 106 Å².